The second-order valence-electron chi connectivity index (χ2n) is 3.77. The first-order chi connectivity index (χ1) is 8.69. The minimum absolute atomic E-state index is 0.165. The fourth-order valence-electron chi connectivity index (χ4n) is 1.59. The van der Waals surface area contributed by atoms with Crippen molar-refractivity contribution in [2.24, 2.45) is 0 Å². The van der Waals surface area contributed by atoms with E-state index in [1.165, 1.54) is 0 Å². The van der Waals surface area contributed by atoms with Gasteiger partial charge in [0.1, 0.15) is 11.8 Å². The Morgan fingerprint density at radius 3 is 2.89 bits per heavy atom. The monoisotopic (exact) mass is 248 g/mol. The first kappa shape index (κ1) is 13.8. The number of aliphatic carboxylic acids is 1. The van der Waals surface area contributed by atoms with Gasteiger partial charge in [-0.25, -0.2) is 0 Å². The quantitative estimate of drug-likeness (QED) is 0.723. The summed E-state index contributed by atoms with van der Waals surface area (Å²) in [7, 11) is 1.55. The number of carbonyl (C=O) groups is 1. The summed E-state index contributed by atoms with van der Waals surface area (Å²) in [6.45, 7) is 0.613. The van der Waals surface area contributed by atoms with Gasteiger partial charge in [-0.15, -0.1) is 0 Å². The SMILES string of the molecule is COc1cccc(C#N)c1NCCCCC(=O)O. The molecule has 0 saturated carbocycles. The van der Waals surface area contributed by atoms with E-state index in [4.69, 9.17) is 15.1 Å². The number of hydrogen-bond acceptors (Lipinski definition) is 4. The van der Waals surface area contributed by atoms with Crippen LogP contribution in [0.4, 0.5) is 5.69 Å². The summed E-state index contributed by atoms with van der Waals surface area (Å²) in [6.07, 6.45) is 1.51. The van der Waals surface area contributed by atoms with E-state index in [2.05, 4.69) is 11.4 Å². The van der Waals surface area contributed by atoms with Crippen LogP contribution in [0.25, 0.3) is 0 Å². The van der Waals surface area contributed by atoms with Crippen LogP contribution < -0.4 is 10.1 Å². The van der Waals surface area contributed by atoms with Crippen LogP contribution in [0.1, 0.15) is 24.8 Å². The fourth-order valence-corrected chi connectivity index (χ4v) is 1.59. The molecule has 2 N–H and O–H groups in total. The highest BCUT2D eigenvalue weighted by atomic mass is 16.5. The molecule has 0 unspecified atom stereocenters. The molecular weight excluding hydrogens is 232 g/mol. The standard InChI is InChI=1S/C13H16N2O3/c1-18-11-6-4-5-10(9-14)13(11)15-8-3-2-7-12(16)17/h4-6,15H,2-3,7-8H2,1H3,(H,16,17). The van der Waals surface area contributed by atoms with Gasteiger partial charge in [0.25, 0.3) is 0 Å². The third-order valence-electron chi connectivity index (χ3n) is 2.49. The maximum absolute atomic E-state index is 10.3. The summed E-state index contributed by atoms with van der Waals surface area (Å²) < 4.78 is 5.18. The van der Waals surface area contributed by atoms with Gasteiger partial charge in [-0.1, -0.05) is 6.07 Å². The molecule has 0 amide bonds. The number of nitrogens with one attached hydrogen (secondary N) is 1. The van der Waals surface area contributed by atoms with Crippen molar-refractivity contribution in [3.8, 4) is 11.8 Å². The lowest BCUT2D eigenvalue weighted by molar-refractivity contribution is -0.137. The molecule has 1 aromatic carbocycles. The summed E-state index contributed by atoms with van der Waals surface area (Å²) >= 11 is 0. The van der Waals surface area contributed by atoms with Crippen molar-refractivity contribution in [3.63, 3.8) is 0 Å². The molecule has 96 valence electrons. The van der Waals surface area contributed by atoms with E-state index in [1.54, 1.807) is 25.3 Å². The van der Waals surface area contributed by atoms with Crippen molar-refractivity contribution in [3.05, 3.63) is 23.8 Å². The van der Waals surface area contributed by atoms with Crippen molar-refractivity contribution >= 4 is 11.7 Å². The van der Waals surface area contributed by atoms with Crippen molar-refractivity contribution < 1.29 is 14.6 Å². The smallest absolute Gasteiger partial charge is 0.303 e. The van der Waals surface area contributed by atoms with Gasteiger partial charge in [0.2, 0.25) is 0 Å². The number of benzene rings is 1. The van der Waals surface area contributed by atoms with Gasteiger partial charge in [0, 0.05) is 13.0 Å². The van der Waals surface area contributed by atoms with Gasteiger partial charge in [-0.2, -0.15) is 5.26 Å². The van der Waals surface area contributed by atoms with Crippen LogP contribution >= 0.6 is 0 Å². The van der Waals surface area contributed by atoms with Gasteiger partial charge in [-0.3, -0.25) is 4.79 Å². The second-order valence-corrected chi connectivity index (χ2v) is 3.77. The third-order valence-corrected chi connectivity index (χ3v) is 2.49. The van der Waals surface area contributed by atoms with E-state index in [1.807, 2.05) is 0 Å². The average Bonchev–Trinajstić information content (AvgIpc) is 2.37. The summed E-state index contributed by atoms with van der Waals surface area (Å²) in [4.78, 5) is 10.3. The highest BCUT2D eigenvalue weighted by Crippen LogP contribution is 2.27. The number of para-hydroxylation sites is 1. The summed E-state index contributed by atoms with van der Waals surface area (Å²) in [6, 6.07) is 7.34. The van der Waals surface area contributed by atoms with E-state index in [0.29, 0.717) is 30.0 Å². The number of carboxylic acids is 1. The Bertz CT molecular complexity index is 452. The van der Waals surface area contributed by atoms with Crippen LogP contribution in [0.5, 0.6) is 5.75 Å². The zero-order chi connectivity index (χ0) is 13.4. The molecule has 5 nitrogen and oxygen atoms in total. The van der Waals surface area contributed by atoms with Gasteiger partial charge in [-0.05, 0) is 25.0 Å². The Morgan fingerprint density at radius 2 is 2.28 bits per heavy atom. The normalized spacial score (nSPS) is 9.56. The highest BCUT2D eigenvalue weighted by Gasteiger charge is 2.07. The van der Waals surface area contributed by atoms with Crippen LogP contribution in [-0.2, 0) is 4.79 Å². The molecule has 0 radical (unpaired) electrons. The Morgan fingerprint density at radius 1 is 1.50 bits per heavy atom. The molecule has 1 aromatic rings. The van der Waals surface area contributed by atoms with E-state index in [9.17, 15) is 4.79 Å². The van der Waals surface area contributed by atoms with Gasteiger partial charge >= 0.3 is 5.97 Å². The highest BCUT2D eigenvalue weighted by molar-refractivity contribution is 5.67. The number of ether oxygens (including phenoxy) is 1. The molecule has 0 aliphatic heterocycles. The minimum atomic E-state index is -0.787. The van der Waals surface area contributed by atoms with E-state index in [0.717, 1.165) is 6.42 Å². The fraction of sp³-hybridized carbons (Fsp3) is 0.385. The number of rotatable bonds is 7. The summed E-state index contributed by atoms with van der Waals surface area (Å²) in [5, 5.41) is 20.6. The first-order valence-corrected chi connectivity index (χ1v) is 5.71. The lowest BCUT2D eigenvalue weighted by atomic mass is 10.1. The largest absolute Gasteiger partial charge is 0.495 e. The van der Waals surface area contributed by atoms with Gasteiger partial charge < -0.3 is 15.2 Å². The maximum Gasteiger partial charge on any atom is 0.303 e. The Balaban J connectivity index is 2.55. The molecule has 0 atom stereocenters. The number of nitrogens with zero attached hydrogens (tertiary/aromatic N) is 1. The van der Waals surface area contributed by atoms with Crippen LogP contribution in [0.2, 0.25) is 0 Å². The van der Waals surface area contributed by atoms with Crippen LogP contribution in [0, 0.1) is 11.3 Å². The molecule has 0 heterocycles. The Labute approximate surface area is 106 Å². The molecule has 5 heteroatoms. The number of methoxy groups -OCH3 is 1. The van der Waals surface area contributed by atoms with Gasteiger partial charge in [0.15, 0.2) is 0 Å². The zero-order valence-electron chi connectivity index (χ0n) is 10.3. The van der Waals surface area contributed by atoms with Crippen LogP contribution in [0.15, 0.2) is 18.2 Å². The third kappa shape index (κ3) is 3.98. The second kappa shape index (κ2) is 7.17. The van der Waals surface area contributed by atoms with Crippen molar-refractivity contribution in [2.45, 2.75) is 19.3 Å². The lowest BCUT2D eigenvalue weighted by Gasteiger charge is -2.12. The molecule has 18 heavy (non-hydrogen) atoms. The van der Waals surface area contributed by atoms with E-state index in [-0.39, 0.29) is 6.42 Å². The molecule has 1 rings (SSSR count). The van der Waals surface area contributed by atoms with E-state index >= 15 is 0 Å². The molecule has 0 aliphatic carbocycles. The molecule has 0 spiro atoms. The number of anilines is 1. The van der Waals surface area contributed by atoms with Crippen molar-refractivity contribution in [2.75, 3.05) is 19.0 Å². The predicted molar refractivity (Wildman–Crippen MR) is 67.7 cm³/mol. The minimum Gasteiger partial charge on any atom is -0.495 e. The van der Waals surface area contributed by atoms with Crippen molar-refractivity contribution in [1.82, 2.24) is 0 Å². The van der Waals surface area contributed by atoms with Crippen LogP contribution in [0.3, 0.4) is 0 Å². The predicted octanol–water partition coefficient (Wildman–Crippen LogP) is 2.23. The number of hydrogen-bond donors (Lipinski definition) is 2. The Kier molecular flexibility index (Phi) is 5.52. The molecule has 0 aliphatic rings. The number of nitriles is 1. The zero-order valence-corrected chi connectivity index (χ0v) is 10.3. The summed E-state index contributed by atoms with van der Waals surface area (Å²) in [5.41, 5.74) is 1.19. The topological polar surface area (TPSA) is 82.3 Å². The maximum atomic E-state index is 10.3. The lowest BCUT2D eigenvalue weighted by Crippen LogP contribution is -2.06. The molecule has 0 aromatic heterocycles. The van der Waals surface area contributed by atoms with Crippen molar-refractivity contribution in [1.29, 1.82) is 5.26 Å². The number of carboxylic acid groups (broad SMARTS) is 1. The molecule has 0 fully saturated rings. The average molecular weight is 248 g/mol. The number of unbranched alkanes of at least 4 members (excludes halogenated alkanes) is 1. The van der Waals surface area contributed by atoms with E-state index < -0.39 is 5.97 Å². The Hall–Kier alpha value is -2.22. The van der Waals surface area contributed by atoms with Gasteiger partial charge in [0.05, 0.1) is 18.4 Å². The summed E-state index contributed by atoms with van der Waals surface area (Å²) in [5.74, 6) is -0.169. The van der Waals surface area contributed by atoms with Crippen LogP contribution in [-0.4, -0.2) is 24.7 Å². The molecule has 0 saturated heterocycles. The first-order valence-electron chi connectivity index (χ1n) is 5.71. The molecule has 0 bridgehead atoms. The molecular formula is C13H16N2O3.